The predicted octanol–water partition coefficient (Wildman–Crippen LogP) is 3.84. The summed E-state index contributed by atoms with van der Waals surface area (Å²) >= 11 is 1.14. The Labute approximate surface area is 110 Å². The van der Waals surface area contributed by atoms with Crippen LogP contribution in [0.25, 0.3) is 10.6 Å². The van der Waals surface area contributed by atoms with Crippen LogP contribution in [0.2, 0.25) is 0 Å². The van der Waals surface area contributed by atoms with Gasteiger partial charge in [-0.3, -0.25) is 0 Å². The van der Waals surface area contributed by atoms with Crippen LogP contribution in [0.4, 0.5) is 13.2 Å². The maximum atomic E-state index is 12.4. The van der Waals surface area contributed by atoms with E-state index in [4.69, 9.17) is 5.11 Å². The van der Waals surface area contributed by atoms with Gasteiger partial charge in [0.05, 0.1) is 5.56 Å². The van der Waals surface area contributed by atoms with Crippen molar-refractivity contribution in [3.05, 3.63) is 40.4 Å². The fraction of sp³-hybridized carbons (Fsp3) is 0.167. The van der Waals surface area contributed by atoms with Crippen molar-refractivity contribution in [2.45, 2.75) is 13.1 Å². The van der Waals surface area contributed by atoms with Crippen LogP contribution < -0.4 is 0 Å². The molecule has 0 unspecified atom stereocenters. The minimum Gasteiger partial charge on any atom is -0.476 e. The highest BCUT2D eigenvalue weighted by molar-refractivity contribution is 7.15. The number of thiazole rings is 1. The van der Waals surface area contributed by atoms with Crippen LogP contribution in [0.15, 0.2) is 24.3 Å². The number of aromatic carboxylic acids is 1. The van der Waals surface area contributed by atoms with E-state index in [1.165, 1.54) is 12.1 Å². The van der Waals surface area contributed by atoms with Crippen molar-refractivity contribution in [3.63, 3.8) is 0 Å². The minimum absolute atomic E-state index is 0.0695. The predicted molar refractivity (Wildman–Crippen MR) is 64.2 cm³/mol. The second-order valence-electron chi connectivity index (χ2n) is 3.80. The number of carboxylic acid groups (broad SMARTS) is 1. The van der Waals surface area contributed by atoms with Crippen LogP contribution in [0.5, 0.6) is 0 Å². The van der Waals surface area contributed by atoms with Gasteiger partial charge in [0.15, 0.2) is 5.69 Å². The Kier molecular flexibility index (Phi) is 3.32. The molecule has 2 aromatic rings. The number of nitrogens with zero attached hydrogens (tertiary/aromatic N) is 1. The molecule has 0 spiro atoms. The summed E-state index contributed by atoms with van der Waals surface area (Å²) in [5.74, 6) is -1.15. The summed E-state index contributed by atoms with van der Waals surface area (Å²) in [6.45, 7) is 1.61. The molecule has 0 saturated heterocycles. The highest BCUT2D eigenvalue weighted by Gasteiger charge is 2.30. The molecular formula is C12H8F3NO2S. The van der Waals surface area contributed by atoms with Gasteiger partial charge >= 0.3 is 12.1 Å². The van der Waals surface area contributed by atoms with Crippen molar-refractivity contribution in [3.8, 4) is 10.6 Å². The molecule has 0 atom stereocenters. The van der Waals surface area contributed by atoms with Crippen molar-refractivity contribution < 1.29 is 23.1 Å². The smallest absolute Gasteiger partial charge is 0.416 e. The molecule has 0 aliphatic rings. The van der Waals surface area contributed by atoms with E-state index in [1.54, 1.807) is 6.92 Å². The number of benzene rings is 1. The van der Waals surface area contributed by atoms with Crippen molar-refractivity contribution in [1.29, 1.82) is 0 Å². The molecule has 100 valence electrons. The number of halogens is 3. The van der Waals surface area contributed by atoms with E-state index >= 15 is 0 Å². The molecule has 0 saturated carbocycles. The van der Waals surface area contributed by atoms with Gasteiger partial charge in [-0.1, -0.05) is 12.1 Å². The normalized spacial score (nSPS) is 11.6. The summed E-state index contributed by atoms with van der Waals surface area (Å²) in [5.41, 5.74) is -0.350. The van der Waals surface area contributed by atoms with Gasteiger partial charge in [-0.2, -0.15) is 13.2 Å². The molecule has 0 amide bonds. The summed E-state index contributed by atoms with van der Waals surface area (Å²) < 4.78 is 37.2. The number of carboxylic acids is 1. The molecule has 0 bridgehead atoms. The Morgan fingerprint density at radius 3 is 2.26 bits per heavy atom. The third-order valence-electron chi connectivity index (χ3n) is 2.46. The molecule has 2 rings (SSSR count). The average molecular weight is 287 g/mol. The van der Waals surface area contributed by atoms with Gasteiger partial charge in [0.1, 0.15) is 5.01 Å². The van der Waals surface area contributed by atoms with Gasteiger partial charge in [-0.25, -0.2) is 9.78 Å². The number of aryl methyl sites for hydroxylation is 1. The lowest BCUT2D eigenvalue weighted by Gasteiger charge is -2.06. The van der Waals surface area contributed by atoms with Crippen LogP contribution >= 0.6 is 11.3 Å². The van der Waals surface area contributed by atoms with E-state index in [1.807, 2.05) is 0 Å². The van der Waals surface area contributed by atoms with Crippen LogP contribution in [0.3, 0.4) is 0 Å². The lowest BCUT2D eigenvalue weighted by Crippen LogP contribution is -2.04. The molecule has 0 fully saturated rings. The average Bonchev–Trinajstić information content (AvgIpc) is 2.70. The molecule has 19 heavy (non-hydrogen) atoms. The number of carbonyl (C=O) groups is 1. The van der Waals surface area contributed by atoms with Crippen molar-refractivity contribution >= 4 is 17.3 Å². The highest BCUT2D eigenvalue weighted by atomic mass is 32.1. The SMILES string of the molecule is Cc1sc(-c2ccc(C(F)(F)F)cc2)nc1C(=O)O. The molecule has 1 aromatic heterocycles. The molecule has 3 nitrogen and oxygen atoms in total. The van der Waals surface area contributed by atoms with E-state index in [0.717, 1.165) is 23.5 Å². The minimum atomic E-state index is -4.39. The van der Waals surface area contributed by atoms with Gasteiger partial charge in [0.2, 0.25) is 0 Å². The number of hydrogen-bond acceptors (Lipinski definition) is 3. The molecule has 0 radical (unpaired) electrons. The van der Waals surface area contributed by atoms with Gasteiger partial charge in [0.25, 0.3) is 0 Å². The second kappa shape index (κ2) is 4.65. The van der Waals surface area contributed by atoms with Crippen LogP contribution in [0, 0.1) is 6.92 Å². The van der Waals surface area contributed by atoms with Gasteiger partial charge in [-0.05, 0) is 19.1 Å². The van der Waals surface area contributed by atoms with Crippen molar-refractivity contribution in [1.82, 2.24) is 4.98 Å². The molecule has 0 aliphatic heterocycles. The Hall–Kier alpha value is -1.89. The Bertz CT molecular complexity index is 617. The fourth-order valence-corrected chi connectivity index (χ4v) is 2.43. The van der Waals surface area contributed by atoms with E-state index in [9.17, 15) is 18.0 Å². The van der Waals surface area contributed by atoms with Gasteiger partial charge in [0, 0.05) is 10.4 Å². The quantitative estimate of drug-likeness (QED) is 0.913. The maximum absolute atomic E-state index is 12.4. The van der Waals surface area contributed by atoms with Gasteiger partial charge < -0.3 is 5.11 Å². The van der Waals surface area contributed by atoms with E-state index in [-0.39, 0.29) is 5.69 Å². The number of aromatic nitrogens is 1. The molecular weight excluding hydrogens is 279 g/mol. The first-order valence-corrected chi connectivity index (χ1v) is 5.99. The van der Waals surface area contributed by atoms with Crippen LogP contribution in [0.1, 0.15) is 20.9 Å². The number of rotatable bonds is 2. The molecule has 1 aromatic carbocycles. The van der Waals surface area contributed by atoms with Gasteiger partial charge in [-0.15, -0.1) is 11.3 Å². The molecule has 0 aliphatic carbocycles. The lowest BCUT2D eigenvalue weighted by atomic mass is 10.1. The Balaban J connectivity index is 2.38. The standard InChI is InChI=1S/C12H8F3NO2S/c1-6-9(11(17)18)16-10(19-6)7-2-4-8(5-3-7)12(13,14)15/h2-5H,1H3,(H,17,18). The zero-order valence-corrected chi connectivity index (χ0v) is 10.5. The third kappa shape index (κ3) is 2.76. The summed E-state index contributed by atoms with van der Waals surface area (Å²) in [6, 6.07) is 4.47. The zero-order chi connectivity index (χ0) is 14.2. The first-order valence-electron chi connectivity index (χ1n) is 5.17. The Morgan fingerprint density at radius 1 is 1.26 bits per heavy atom. The second-order valence-corrected chi connectivity index (χ2v) is 5.01. The first kappa shape index (κ1) is 13.5. The highest BCUT2D eigenvalue weighted by Crippen LogP contribution is 2.32. The van der Waals surface area contributed by atoms with Crippen LogP contribution in [-0.4, -0.2) is 16.1 Å². The molecule has 7 heteroatoms. The maximum Gasteiger partial charge on any atom is 0.416 e. The monoisotopic (exact) mass is 287 g/mol. The van der Waals surface area contributed by atoms with E-state index < -0.39 is 17.7 Å². The summed E-state index contributed by atoms with van der Waals surface area (Å²) in [7, 11) is 0. The lowest BCUT2D eigenvalue weighted by molar-refractivity contribution is -0.137. The van der Waals surface area contributed by atoms with Crippen molar-refractivity contribution in [2.75, 3.05) is 0 Å². The number of alkyl halides is 3. The third-order valence-corrected chi connectivity index (χ3v) is 3.48. The largest absolute Gasteiger partial charge is 0.476 e. The van der Waals surface area contributed by atoms with E-state index in [0.29, 0.717) is 15.4 Å². The van der Waals surface area contributed by atoms with E-state index in [2.05, 4.69) is 4.98 Å². The number of hydrogen-bond donors (Lipinski definition) is 1. The van der Waals surface area contributed by atoms with Crippen molar-refractivity contribution in [2.24, 2.45) is 0 Å². The fourth-order valence-electron chi connectivity index (χ4n) is 1.52. The molecule has 1 N–H and O–H groups in total. The Morgan fingerprint density at radius 2 is 1.84 bits per heavy atom. The summed E-state index contributed by atoms with van der Waals surface area (Å²) in [4.78, 5) is 15.3. The van der Waals surface area contributed by atoms with Crippen LogP contribution in [-0.2, 0) is 6.18 Å². The summed E-state index contributed by atoms with van der Waals surface area (Å²) in [6.07, 6.45) is -4.39. The first-order chi connectivity index (χ1) is 8.79. The zero-order valence-electron chi connectivity index (χ0n) is 9.65. The topological polar surface area (TPSA) is 50.2 Å². The molecule has 1 heterocycles. The summed E-state index contributed by atoms with van der Waals surface area (Å²) in [5, 5.41) is 9.26.